The molecule has 0 N–H and O–H groups in total. The number of carbonyl (C=O) groups is 1. The summed E-state index contributed by atoms with van der Waals surface area (Å²) in [6.45, 7) is 1.25. The SMILES string of the molecule is O=C(OCN(Cc1ccccn1)Cc1ccccn1)c1cccnc1. The van der Waals surface area contributed by atoms with Crippen molar-refractivity contribution in [3.8, 4) is 0 Å². The first-order valence-electron chi connectivity index (χ1n) is 7.90. The van der Waals surface area contributed by atoms with Crippen molar-refractivity contribution in [3.05, 3.63) is 90.3 Å². The summed E-state index contributed by atoms with van der Waals surface area (Å²) in [5.41, 5.74) is 2.23. The molecule has 126 valence electrons. The highest BCUT2D eigenvalue weighted by Gasteiger charge is 2.13. The molecule has 0 radical (unpaired) electrons. The minimum Gasteiger partial charge on any atom is -0.446 e. The number of hydrogen-bond acceptors (Lipinski definition) is 6. The average Bonchev–Trinajstić information content (AvgIpc) is 2.68. The van der Waals surface area contributed by atoms with Crippen molar-refractivity contribution in [1.29, 1.82) is 0 Å². The predicted molar refractivity (Wildman–Crippen MR) is 92.2 cm³/mol. The highest BCUT2D eigenvalue weighted by molar-refractivity contribution is 5.88. The van der Waals surface area contributed by atoms with Crippen LogP contribution >= 0.6 is 0 Å². The molecule has 0 unspecified atom stereocenters. The number of rotatable bonds is 7. The van der Waals surface area contributed by atoms with Gasteiger partial charge in [0.25, 0.3) is 0 Å². The lowest BCUT2D eigenvalue weighted by Crippen LogP contribution is -2.28. The van der Waals surface area contributed by atoms with Crippen LogP contribution in [0.4, 0.5) is 0 Å². The van der Waals surface area contributed by atoms with E-state index in [0.29, 0.717) is 18.7 Å². The topological polar surface area (TPSA) is 68.2 Å². The number of aromatic nitrogens is 3. The van der Waals surface area contributed by atoms with E-state index >= 15 is 0 Å². The fraction of sp³-hybridized carbons (Fsp3) is 0.158. The van der Waals surface area contributed by atoms with Gasteiger partial charge in [-0.25, -0.2) is 4.79 Å². The van der Waals surface area contributed by atoms with Crippen molar-refractivity contribution in [2.24, 2.45) is 0 Å². The molecule has 0 aliphatic heterocycles. The molecule has 6 nitrogen and oxygen atoms in total. The second-order valence-electron chi connectivity index (χ2n) is 5.43. The molecule has 0 aliphatic carbocycles. The lowest BCUT2D eigenvalue weighted by Gasteiger charge is -2.21. The van der Waals surface area contributed by atoms with E-state index < -0.39 is 5.97 Å². The van der Waals surface area contributed by atoms with Gasteiger partial charge in [0.05, 0.1) is 17.0 Å². The summed E-state index contributed by atoms with van der Waals surface area (Å²) in [5, 5.41) is 0. The lowest BCUT2D eigenvalue weighted by molar-refractivity contribution is 0.0164. The summed E-state index contributed by atoms with van der Waals surface area (Å²) in [6.07, 6.45) is 6.60. The van der Waals surface area contributed by atoms with Crippen LogP contribution in [0.5, 0.6) is 0 Å². The van der Waals surface area contributed by atoms with E-state index in [1.54, 1.807) is 30.7 Å². The summed E-state index contributed by atoms with van der Waals surface area (Å²) in [7, 11) is 0. The van der Waals surface area contributed by atoms with E-state index in [1.165, 1.54) is 6.20 Å². The summed E-state index contributed by atoms with van der Waals surface area (Å²) in [6, 6.07) is 14.9. The zero-order valence-electron chi connectivity index (χ0n) is 13.7. The van der Waals surface area contributed by atoms with Crippen LogP contribution in [-0.4, -0.2) is 32.6 Å². The van der Waals surface area contributed by atoms with Gasteiger partial charge < -0.3 is 4.74 Å². The molecule has 0 fully saturated rings. The Morgan fingerprint density at radius 1 is 0.880 bits per heavy atom. The lowest BCUT2D eigenvalue weighted by atomic mass is 10.3. The Labute approximate surface area is 146 Å². The third-order valence-electron chi connectivity index (χ3n) is 3.50. The fourth-order valence-corrected chi connectivity index (χ4v) is 2.31. The molecule has 3 aromatic heterocycles. The van der Waals surface area contributed by atoms with Gasteiger partial charge >= 0.3 is 5.97 Å². The van der Waals surface area contributed by atoms with Crippen molar-refractivity contribution in [2.45, 2.75) is 13.1 Å². The van der Waals surface area contributed by atoms with E-state index in [4.69, 9.17) is 4.74 Å². The van der Waals surface area contributed by atoms with Gasteiger partial charge in [-0.05, 0) is 36.4 Å². The zero-order valence-corrected chi connectivity index (χ0v) is 13.7. The summed E-state index contributed by atoms with van der Waals surface area (Å²) in [4.78, 5) is 26.7. The molecule has 3 aromatic rings. The Balaban J connectivity index is 1.66. The minimum atomic E-state index is -0.403. The van der Waals surface area contributed by atoms with E-state index in [-0.39, 0.29) is 6.73 Å². The minimum absolute atomic E-state index is 0.140. The molecule has 0 atom stereocenters. The van der Waals surface area contributed by atoms with Crippen LogP contribution in [0.2, 0.25) is 0 Å². The number of esters is 1. The molecule has 0 aromatic carbocycles. The van der Waals surface area contributed by atoms with Crippen molar-refractivity contribution < 1.29 is 9.53 Å². The van der Waals surface area contributed by atoms with Crippen LogP contribution in [0.3, 0.4) is 0 Å². The quantitative estimate of drug-likeness (QED) is 0.489. The Morgan fingerprint density at radius 2 is 1.56 bits per heavy atom. The Hall–Kier alpha value is -3.12. The maximum Gasteiger partial charge on any atom is 0.341 e. The first-order chi connectivity index (χ1) is 12.3. The van der Waals surface area contributed by atoms with Gasteiger partial charge in [-0.3, -0.25) is 19.9 Å². The van der Waals surface area contributed by atoms with Gasteiger partial charge in [0.15, 0.2) is 0 Å². The number of pyridine rings is 3. The van der Waals surface area contributed by atoms with Crippen LogP contribution in [0.15, 0.2) is 73.3 Å². The number of ether oxygens (including phenoxy) is 1. The third kappa shape index (κ3) is 5.19. The molecule has 0 bridgehead atoms. The summed E-state index contributed by atoms with van der Waals surface area (Å²) >= 11 is 0. The normalized spacial score (nSPS) is 10.6. The summed E-state index contributed by atoms with van der Waals surface area (Å²) in [5.74, 6) is -0.403. The molecule has 25 heavy (non-hydrogen) atoms. The van der Waals surface area contributed by atoms with Crippen molar-refractivity contribution in [1.82, 2.24) is 19.9 Å². The van der Waals surface area contributed by atoms with Crippen LogP contribution in [-0.2, 0) is 17.8 Å². The molecular weight excluding hydrogens is 316 g/mol. The maximum atomic E-state index is 12.1. The smallest absolute Gasteiger partial charge is 0.341 e. The van der Waals surface area contributed by atoms with Gasteiger partial charge in [-0.15, -0.1) is 0 Å². The molecule has 0 spiro atoms. The Morgan fingerprint density at radius 3 is 2.08 bits per heavy atom. The van der Waals surface area contributed by atoms with Crippen LogP contribution in [0.1, 0.15) is 21.7 Å². The van der Waals surface area contributed by atoms with E-state index in [2.05, 4.69) is 15.0 Å². The molecule has 6 heteroatoms. The van der Waals surface area contributed by atoms with Crippen LogP contribution < -0.4 is 0 Å². The highest BCUT2D eigenvalue weighted by atomic mass is 16.5. The second-order valence-corrected chi connectivity index (χ2v) is 5.43. The Kier molecular flexibility index (Phi) is 5.79. The molecule has 0 amide bonds. The number of nitrogens with zero attached hydrogens (tertiary/aromatic N) is 4. The monoisotopic (exact) mass is 334 g/mol. The van der Waals surface area contributed by atoms with E-state index in [1.807, 2.05) is 41.3 Å². The van der Waals surface area contributed by atoms with Crippen molar-refractivity contribution in [3.63, 3.8) is 0 Å². The molecular formula is C19H18N4O2. The highest BCUT2D eigenvalue weighted by Crippen LogP contribution is 2.08. The van der Waals surface area contributed by atoms with Crippen LogP contribution in [0, 0.1) is 0 Å². The molecule has 0 saturated heterocycles. The molecule has 3 heterocycles. The molecule has 0 saturated carbocycles. The van der Waals surface area contributed by atoms with Crippen molar-refractivity contribution in [2.75, 3.05) is 6.73 Å². The van der Waals surface area contributed by atoms with Gasteiger partial charge in [-0.1, -0.05) is 12.1 Å². The van der Waals surface area contributed by atoms with Gasteiger partial charge in [0.2, 0.25) is 0 Å². The first-order valence-corrected chi connectivity index (χ1v) is 7.90. The summed E-state index contributed by atoms with van der Waals surface area (Å²) < 4.78 is 5.43. The average molecular weight is 334 g/mol. The molecule has 0 aliphatic rings. The fourth-order valence-electron chi connectivity index (χ4n) is 2.31. The Bertz CT molecular complexity index is 741. The number of carbonyl (C=O) groups excluding carboxylic acids is 1. The van der Waals surface area contributed by atoms with Gasteiger partial charge in [-0.2, -0.15) is 0 Å². The van der Waals surface area contributed by atoms with E-state index in [9.17, 15) is 4.79 Å². The van der Waals surface area contributed by atoms with E-state index in [0.717, 1.165) is 11.4 Å². The third-order valence-corrected chi connectivity index (χ3v) is 3.50. The predicted octanol–water partition coefficient (Wildman–Crippen LogP) is 2.69. The maximum absolute atomic E-state index is 12.1. The number of hydrogen-bond donors (Lipinski definition) is 0. The zero-order chi connectivity index (χ0) is 17.3. The van der Waals surface area contributed by atoms with Gasteiger partial charge in [0, 0.05) is 37.9 Å². The van der Waals surface area contributed by atoms with Gasteiger partial charge in [0.1, 0.15) is 6.73 Å². The first kappa shape index (κ1) is 16.7. The molecule has 3 rings (SSSR count). The van der Waals surface area contributed by atoms with Crippen LogP contribution in [0.25, 0.3) is 0 Å². The standard InChI is InChI=1S/C19H18N4O2/c24-19(16-6-5-9-20-12-16)25-15-23(13-17-7-1-3-10-21-17)14-18-8-2-4-11-22-18/h1-12H,13-15H2. The second kappa shape index (κ2) is 8.65. The van der Waals surface area contributed by atoms with Crippen molar-refractivity contribution >= 4 is 5.97 Å². The largest absolute Gasteiger partial charge is 0.446 e.